The van der Waals surface area contributed by atoms with Gasteiger partial charge in [0.1, 0.15) is 5.82 Å². The maximum Gasteiger partial charge on any atom is 0.419 e. The Morgan fingerprint density at radius 1 is 1.14 bits per heavy atom. The number of nitrogens with zero attached hydrogens (tertiary/aromatic N) is 3. The number of rotatable bonds is 5. The number of nitrogens with one attached hydrogen (secondary N) is 1. The second-order valence-corrected chi connectivity index (χ2v) is 8.61. The lowest BCUT2D eigenvalue weighted by molar-refractivity contribution is -0.139. The molecular weight excluding hydrogens is 484 g/mol. The average Bonchev–Trinajstić information content (AvgIpc) is 2.88. The molecule has 2 aromatic carbocycles. The molecule has 0 spiro atoms. The predicted octanol–water partition coefficient (Wildman–Crippen LogP) is 7.15. The van der Waals surface area contributed by atoms with Gasteiger partial charge in [0, 0.05) is 23.5 Å². The van der Waals surface area contributed by atoms with Gasteiger partial charge in [-0.1, -0.05) is 31.2 Å². The SMILES string of the molecule is CC1CC(c2cccc(C#N)c2)=CC=C1N(Cc1ccccn1)C(=O)Nc1ccc(F)c(C(F)(F)F)c1. The molecule has 1 N–H and O–H groups in total. The summed E-state index contributed by atoms with van der Waals surface area (Å²) >= 11 is 0. The minimum atomic E-state index is -4.90. The zero-order valence-corrected chi connectivity index (χ0v) is 19.8. The van der Waals surface area contributed by atoms with Gasteiger partial charge in [0.05, 0.1) is 29.4 Å². The molecule has 1 atom stereocenters. The summed E-state index contributed by atoms with van der Waals surface area (Å²) in [4.78, 5) is 19.1. The first-order valence-electron chi connectivity index (χ1n) is 11.4. The van der Waals surface area contributed by atoms with Gasteiger partial charge < -0.3 is 5.32 Å². The first kappa shape index (κ1) is 25.6. The van der Waals surface area contributed by atoms with Gasteiger partial charge in [0.2, 0.25) is 0 Å². The van der Waals surface area contributed by atoms with Crippen molar-refractivity contribution in [3.63, 3.8) is 0 Å². The molecule has 0 radical (unpaired) electrons. The van der Waals surface area contributed by atoms with E-state index in [1.807, 2.05) is 19.1 Å². The number of allylic oxidation sites excluding steroid dienone is 4. The lowest BCUT2D eigenvalue weighted by Gasteiger charge is -2.32. The van der Waals surface area contributed by atoms with Crippen molar-refractivity contribution >= 4 is 17.3 Å². The highest BCUT2D eigenvalue weighted by Crippen LogP contribution is 2.35. The number of carbonyl (C=O) groups is 1. The molecule has 1 aromatic heterocycles. The number of hydrogen-bond donors (Lipinski definition) is 1. The number of halogens is 4. The van der Waals surface area contributed by atoms with E-state index in [-0.39, 0.29) is 18.2 Å². The van der Waals surface area contributed by atoms with E-state index in [1.165, 1.54) is 4.90 Å². The van der Waals surface area contributed by atoms with Gasteiger partial charge in [-0.25, -0.2) is 9.18 Å². The van der Waals surface area contributed by atoms with E-state index < -0.39 is 23.6 Å². The van der Waals surface area contributed by atoms with Gasteiger partial charge >= 0.3 is 12.2 Å². The number of anilines is 1. The van der Waals surface area contributed by atoms with E-state index in [9.17, 15) is 27.6 Å². The van der Waals surface area contributed by atoms with Gasteiger partial charge in [0.15, 0.2) is 0 Å². The third-order valence-corrected chi connectivity index (χ3v) is 5.97. The monoisotopic (exact) mass is 506 g/mol. The Balaban J connectivity index is 1.66. The molecular formula is C28H22F4N4O. The summed E-state index contributed by atoms with van der Waals surface area (Å²) < 4.78 is 53.3. The van der Waals surface area contributed by atoms with E-state index in [0.717, 1.165) is 17.2 Å². The van der Waals surface area contributed by atoms with E-state index in [0.29, 0.717) is 35.5 Å². The van der Waals surface area contributed by atoms with E-state index in [1.54, 1.807) is 48.7 Å². The van der Waals surface area contributed by atoms with Crippen LogP contribution in [0.15, 0.2) is 84.7 Å². The van der Waals surface area contributed by atoms with Crippen molar-refractivity contribution in [1.29, 1.82) is 5.26 Å². The number of urea groups is 1. The normalized spacial score (nSPS) is 15.3. The zero-order chi connectivity index (χ0) is 26.6. The molecule has 3 aromatic rings. The summed E-state index contributed by atoms with van der Waals surface area (Å²) in [6.07, 6.45) is 0.908. The number of alkyl halides is 3. The average molecular weight is 507 g/mol. The van der Waals surface area contributed by atoms with Crippen LogP contribution in [0.4, 0.5) is 28.0 Å². The maximum atomic E-state index is 13.7. The largest absolute Gasteiger partial charge is 0.419 e. The summed E-state index contributed by atoms with van der Waals surface area (Å²) in [6.45, 7) is 2.01. The number of benzene rings is 2. The van der Waals surface area contributed by atoms with Crippen LogP contribution in [-0.2, 0) is 12.7 Å². The third-order valence-electron chi connectivity index (χ3n) is 5.97. The lowest BCUT2D eigenvalue weighted by atomic mass is 9.87. The molecule has 0 saturated carbocycles. The highest BCUT2D eigenvalue weighted by atomic mass is 19.4. The fourth-order valence-corrected chi connectivity index (χ4v) is 4.16. The number of aromatic nitrogens is 1. The maximum absolute atomic E-state index is 13.7. The van der Waals surface area contributed by atoms with Gasteiger partial charge in [-0.05, 0) is 66.1 Å². The van der Waals surface area contributed by atoms with Gasteiger partial charge in [-0.15, -0.1) is 0 Å². The lowest BCUT2D eigenvalue weighted by Crippen LogP contribution is -2.37. The highest BCUT2D eigenvalue weighted by Gasteiger charge is 2.34. The van der Waals surface area contributed by atoms with Crippen molar-refractivity contribution in [2.24, 2.45) is 5.92 Å². The molecule has 0 fully saturated rings. The summed E-state index contributed by atoms with van der Waals surface area (Å²) in [7, 11) is 0. The molecule has 188 valence electrons. The number of carbonyl (C=O) groups excluding carboxylic acids is 1. The van der Waals surface area contributed by atoms with Crippen LogP contribution < -0.4 is 5.32 Å². The molecule has 1 heterocycles. The Morgan fingerprint density at radius 3 is 2.62 bits per heavy atom. The molecule has 0 saturated heterocycles. The number of hydrogen-bond acceptors (Lipinski definition) is 3. The fraction of sp³-hybridized carbons (Fsp3) is 0.179. The van der Waals surface area contributed by atoms with Crippen LogP contribution in [0.2, 0.25) is 0 Å². The standard InChI is InChI=1S/C28H22F4N4O/c1-18-13-21(20-6-4-5-19(14-20)16-33)8-11-26(18)36(17-23-7-2-3-12-34-23)27(37)35-22-9-10-25(29)24(15-22)28(30,31)32/h2-12,14-15,18H,13,17H2,1H3,(H,35,37). The Bertz CT molecular complexity index is 1410. The Hall–Kier alpha value is -4.45. The quantitative estimate of drug-likeness (QED) is 0.374. The van der Waals surface area contributed by atoms with Crippen LogP contribution in [0.25, 0.3) is 5.57 Å². The van der Waals surface area contributed by atoms with Crippen molar-refractivity contribution in [3.8, 4) is 6.07 Å². The van der Waals surface area contributed by atoms with Crippen LogP contribution in [0.3, 0.4) is 0 Å². The zero-order valence-electron chi connectivity index (χ0n) is 19.8. The first-order valence-corrected chi connectivity index (χ1v) is 11.4. The first-order chi connectivity index (χ1) is 17.7. The number of nitriles is 1. The second kappa shape index (κ2) is 10.7. The highest BCUT2D eigenvalue weighted by molar-refractivity contribution is 5.91. The van der Waals surface area contributed by atoms with E-state index in [2.05, 4.69) is 16.4 Å². The number of amides is 2. The Labute approximate surface area is 211 Å². The molecule has 9 heteroatoms. The van der Waals surface area contributed by atoms with Crippen molar-refractivity contribution in [1.82, 2.24) is 9.88 Å². The molecule has 1 aliphatic rings. The fourth-order valence-electron chi connectivity index (χ4n) is 4.16. The topological polar surface area (TPSA) is 69.0 Å². The van der Waals surface area contributed by atoms with Crippen LogP contribution in [0.5, 0.6) is 0 Å². The van der Waals surface area contributed by atoms with Crippen LogP contribution in [0, 0.1) is 23.1 Å². The van der Waals surface area contributed by atoms with Crippen molar-refractivity contribution in [2.75, 3.05) is 5.32 Å². The summed E-state index contributed by atoms with van der Waals surface area (Å²) in [5.41, 5.74) is 2.00. The van der Waals surface area contributed by atoms with Crippen molar-refractivity contribution in [3.05, 3.63) is 113 Å². The molecule has 0 aliphatic heterocycles. The predicted molar refractivity (Wildman–Crippen MR) is 131 cm³/mol. The van der Waals surface area contributed by atoms with Crippen LogP contribution in [0.1, 0.15) is 35.7 Å². The molecule has 5 nitrogen and oxygen atoms in total. The van der Waals surface area contributed by atoms with E-state index in [4.69, 9.17) is 0 Å². The third kappa shape index (κ3) is 6.04. The van der Waals surface area contributed by atoms with Crippen molar-refractivity contribution < 1.29 is 22.4 Å². The van der Waals surface area contributed by atoms with Gasteiger partial charge in [0.25, 0.3) is 0 Å². The Morgan fingerprint density at radius 2 is 1.95 bits per heavy atom. The molecule has 37 heavy (non-hydrogen) atoms. The molecule has 2 amide bonds. The molecule has 0 bridgehead atoms. The summed E-state index contributed by atoms with van der Waals surface area (Å²) in [6, 6.07) is 16.2. The minimum Gasteiger partial charge on any atom is -0.308 e. The summed E-state index contributed by atoms with van der Waals surface area (Å²) in [5, 5.41) is 11.7. The smallest absolute Gasteiger partial charge is 0.308 e. The Kier molecular flexibility index (Phi) is 7.39. The van der Waals surface area contributed by atoms with Crippen molar-refractivity contribution in [2.45, 2.75) is 26.1 Å². The van der Waals surface area contributed by atoms with Gasteiger partial charge in [-0.3, -0.25) is 9.88 Å². The summed E-state index contributed by atoms with van der Waals surface area (Å²) in [5.74, 6) is -1.56. The second-order valence-electron chi connectivity index (χ2n) is 8.61. The van der Waals surface area contributed by atoms with Gasteiger partial charge in [-0.2, -0.15) is 18.4 Å². The van der Waals surface area contributed by atoms with E-state index >= 15 is 0 Å². The van der Waals surface area contributed by atoms with Crippen LogP contribution >= 0.6 is 0 Å². The molecule has 4 rings (SSSR count). The minimum absolute atomic E-state index is 0.0727. The van der Waals surface area contributed by atoms with Crippen LogP contribution in [-0.4, -0.2) is 15.9 Å². The number of pyridine rings is 1. The molecule has 1 aliphatic carbocycles. The molecule has 1 unspecified atom stereocenters.